The molecule has 29 heavy (non-hydrogen) atoms. The van der Waals surface area contributed by atoms with Crippen LogP contribution in [0.3, 0.4) is 0 Å². The van der Waals surface area contributed by atoms with Gasteiger partial charge in [0.15, 0.2) is 0 Å². The molecule has 1 saturated heterocycles. The Hall–Kier alpha value is -2.71. The minimum Gasteiger partial charge on any atom is -0.336 e. The molecule has 3 aromatic rings. The van der Waals surface area contributed by atoms with E-state index in [2.05, 4.69) is 9.88 Å². The van der Waals surface area contributed by atoms with Gasteiger partial charge in [-0.25, -0.2) is 18.2 Å². The molecule has 0 bridgehead atoms. The maximum absolute atomic E-state index is 13.9. The summed E-state index contributed by atoms with van der Waals surface area (Å²) in [4.78, 5) is 20.9. The Morgan fingerprint density at radius 2 is 1.66 bits per heavy atom. The molecular formula is C21H18F3N3OS. The molecule has 0 atom stereocenters. The lowest BCUT2D eigenvalue weighted by molar-refractivity contribution is 0.0624. The number of aromatic nitrogens is 1. The maximum atomic E-state index is 13.9. The van der Waals surface area contributed by atoms with E-state index in [4.69, 9.17) is 0 Å². The van der Waals surface area contributed by atoms with Gasteiger partial charge in [-0.3, -0.25) is 9.69 Å². The number of carbonyl (C=O) groups excluding carboxylic acids is 1. The number of thiazole rings is 1. The average molecular weight is 417 g/mol. The van der Waals surface area contributed by atoms with Gasteiger partial charge in [0.25, 0.3) is 5.91 Å². The molecule has 0 spiro atoms. The summed E-state index contributed by atoms with van der Waals surface area (Å²) in [7, 11) is 0. The highest BCUT2D eigenvalue weighted by molar-refractivity contribution is 7.09. The van der Waals surface area contributed by atoms with Crippen molar-refractivity contribution in [1.29, 1.82) is 0 Å². The van der Waals surface area contributed by atoms with Crippen molar-refractivity contribution >= 4 is 17.2 Å². The van der Waals surface area contributed by atoms with E-state index in [1.54, 1.807) is 17.0 Å². The van der Waals surface area contributed by atoms with Crippen molar-refractivity contribution in [3.63, 3.8) is 0 Å². The molecule has 2 aromatic carbocycles. The quantitative estimate of drug-likeness (QED) is 0.639. The van der Waals surface area contributed by atoms with Gasteiger partial charge in [-0.15, -0.1) is 11.3 Å². The molecule has 0 N–H and O–H groups in total. The number of hydrogen-bond acceptors (Lipinski definition) is 4. The van der Waals surface area contributed by atoms with E-state index in [0.717, 1.165) is 28.4 Å². The zero-order valence-corrected chi connectivity index (χ0v) is 16.3. The first-order chi connectivity index (χ1) is 14.0. The van der Waals surface area contributed by atoms with Crippen LogP contribution in [-0.2, 0) is 6.54 Å². The van der Waals surface area contributed by atoms with Crippen LogP contribution in [-0.4, -0.2) is 46.9 Å². The summed E-state index contributed by atoms with van der Waals surface area (Å²) < 4.78 is 40.0. The highest BCUT2D eigenvalue weighted by Gasteiger charge is 2.24. The fraction of sp³-hybridized carbons (Fsp3) is 0.238. The Balaban J connectivity index is 1.34. The zero-order valence-electron chi connectivity index (χ0n) is 15.4. The predicted molar refractivity (Wildman–Crippen MR) is 105 cm³/mol. The van der Waals surface area contributed by atoms with Gasteiger partial charge in [-0.2, -0.15) is 0 Å². The molecule has 4 rings (SSSR count). The second-order valence-corrected chi connectivity index (χ2v) is 7.77. The number of nitrogens with zero attached hydrogens (tertiary/aromatic N) is 3. The van der Waals surface area contributed by atoms with E-state index in [1.165, 1.54) is 29.5 Å². The topological polar surface area (TPSA) is 36.4 Å². The Kier molecular flexibility index (Phi) is 5.64. The highest BCUT2D eigenvalue weighted by Crippen LogP contribution is 2.23. The van der Waals surface area contributed by atoms with Gasteiger partial charge in [0.2, 0.25) is 0 Å². The summed E-state index contributed by atoms with van der Waals surface area (Å²) in [6.07, 6.45) is 0. The van der Waals surface area contributed by atoms with E-state index in [1.807, 2.05) is 5.38 Å². The number of hydrogen-bond donors (Lipinski definition) is 0. The minimum atomic E-state index is -0.839. The van der Waals surface area contributed by atoms with E-state index >= 15 is 0 Å². The van der Waals surface area contributed by atoms with Crippen LogP contribution in [0.15, 0.2) is 47.8 Å². The lowest BCUT2D eigenvalue weighted by Gasteiger charge is -2.34. The van der Waals surface area contributed by atoms with Gasteiger partial charge in [0, 0.05) is 43.2 Å². The first kappa shape index (κ1) is 19.6. The van der Waals surface area contributed by atoms with Crippen molar-refractivity contribution < 1.29 is 18.0 Å². The van der Waals surface area contributed by atoms with Crippen LogP contribution in [0.1, 0.15) is 15.4 Å². The standard InChI is InChI=1S/C21H18F3N3OS/c22-15-3-1-14(2-4-15)19-13-29-20(25-19)12-26-7-9-27(10-8-26)21(28)17-6-5-16(23)11-18(17)24/h1-6,11,13H,7-10,12H2. The van der Waals surface area contributed by atoms with Crippen LogP contribution >= 0.6 is 11.3 Å². The molecule has 0 aliphatic carbocycles. The summed E-state index contributed by atoms with van der Waals surface area (Å²) >= 11 is 1.54. The minimum absolute atomic E-state index is 0.108. The molecule has 1 fully saturated rings. The van der Waals surface area contributed by atoms with Crippen LogP contribution in [0.25, 0.3) is 11.3 Å². The van der Waals surface area contributed by atoms with Gasteiger partial charge < -0.3 is 4.90 Å². The third-order valence-electron chi connectivity index (χ3n) is 4.87. The van der Waals surface area contributed by atoms with Crippen molar-refractivity contribution in [1.82, 2.24) is 14.8 Å². The van der Waals surface area contributed by atoms with Gasteiger partial charge in [-0.1, -0.05) is 0 Å². The first-order valence-electron chi connectivity index (χ1n) is 9.16. The predicted octanol–water partition coefficient (Wildman–Crippen LogP) is 4.19. The zero-order chi connectivity index (χ0) is 20.4. The molecule has 0 radical (unpaired) electrons. The normalized spacial score (nSPS) is 14.9. The summed E-state index contributed by atoms with van der Waals surface area (Å²) in [5.41, 5.74) is 1.57. The van der Waals surface area contributed by atoms with Crippen molar-refractivity contribution in [2.45, 2.75) is 6.54 Å². The molecule has 2 heterocycles. The summed E-state index contributed by atoms with van der Waals surface area (Å²) in [5.74, 6) is -2.24. The molecule has 4 nitrogen and oxygen atoms in total. The number of carbonyl (C=O) groups is 1. The van der Waals surface area contributed by atoms with E-state index < -0.39 is 17.5 Å². The summed E-state index contributed by atoms with van der Waals surface area (Å²) in [6, 6.07) is 9.23. The summed E-state index contributed by atoms with van der Waals surface area (Å²) in [6.45, 7) is 2.86. The Bertz CT molecular complexity index is 1010. The molecule has 1 aliphatic rings. The molecular weight excluding hydrogens is 399 g/mol. The van der Waals surface area contributed by atoms with Crippen molar-refractivity contribution in [2.75, 3.05) is 26.2 Å². The van der Waals surface area contributed by atoms with Gasteiger partial charge in [0.1, 0.15) is 22.5 Å². The SMILES string of the molecule is O=C(c1ccc(F)cc1F)N1CCN(Cc2nc(-c3ccc(F)cc3)cs2)CC1. The molecule has 8 heteroatoms. The lowest BCUT2D eigenvalue weighted by atomic mass is 10.1. The van der Waals surface area contributed by atoms with E-state index in [0.29, 0.717) is 32.7 Å². The second kappa shape index (κ2) is 8.34. The maximum Gasteiger partial charge on any atom is 0.256 e. The third kappa shape index (κ3) is 4.49. The monoisotopic (exact) mass is 417 g/mol. The van der Waals surface area contributed by atoms with Gasteiger partial charge >= 0.3 is 0 Å². The van der Waals surface area contributed by atoms with Crippen LogP contribution in [0.4, 0.5) is 13.2 Å². The Morgan fingerprint density at radius 1 is 0.966 bits per heavy atom. The number of amides is 1. The van der Waals surface area contributed by atoms with Crippen LogP contribution in [0.5, 0.6) is 0 Å². The fourth-order valence-electron chi connectivity index (χ4n) is 3.27. The number of piperazine rings is 1. The van der Waals surface area contributed by atoms with Crippen molar-refractivity contribution in [3.05, 3.63) is 75.9 Å². The Labute approximate surface area is 170 Å². The number of rotatable bonds is 4. The molecule has 1 aliphatic heterocycles. The smallest absolute Gasteiger partial charge is 0.256 e. The number of halogens is 3. The molecule has 0 saturated carbocycles. The lowest BCUT2D eigenvalue weighted by Crippen LogP contribution is -2.48. The van der Waals surface area contributed by atoms with Crippen LogP contribution in [0.2, 0.25) is 0 Å². The van der Waals surface area contributed by atoms with Gasteiger partial charge in [0.05, 0.1) is 17.8 Å². The highest BCUT2D eigenvalue weighted by atomic mass is 32.1. The van der Waals surface area contributed by atoms with E-state index in [-0.39, 0.29) is 11.4 Å². The van der Waals surface area contributed by atoms with Crippen LogP contribution < -0.4 is 0 Å². The van der Waals surface area contributed by atoms with Crippen LogP contribution in [0, 0.1) is 17.5 Å². The summed E-state index contributed by atoms with van der Waals surface area (Å²) in [5, 5.41) is 2.88. The molecule has 1 aromatic heterocycles. The molecule has 150 valence electrons. The van der Waals surface area contributed by atoms with Crippen molar-refractivity contribution in [3.8, 4) is 11.3 Å². The number of benzene rings is 2. The van der Waals surface area contributed by atoms with Crippen molar-refractivity contribution in [2.24, 2.45) is 0 Å². The largest absolute Gasteiger partial charge is 0.336 e. The van der Waals surface area contributed by atoms with E-state index in [9.17, 15) is 18.0 Å². The molecule has 0 unspecified atom stereocenters. The second-order valence-electron chi connectivity index (χ2n) is 6.83. The third-order valence-corrected chi connectivity index (χ3v) is 5.71. The fourth-order valence-corrected chi connectivity index (χ4v) is 4.11. The first-order valence-corrected chi connectivity index (χ1v) is 10.0. The Morgan fingerprint density at radius 3 is 2.34 bits per heavy atom. The average Bonchev–Trinajstić information content (AvgIpc) is 3.17. The molecule has 1 amide bonds. The van der Waals surface area contributed by atoms with Gasteiger partial charge in [-0.05, 0) is 36.4 Å².